The van der Waals surface area contributed by atoms with Gasteiger partial charge < -0.3 is 24.9 Å². The summed E-state index contributed by atoms with van der Waals surface area (Å²) in [4.78, 5) is 24.2. The molecule has 0 spiro atoms. The molecule has 6 rings (SSSR count). The highest BCUT2D eigenvalue weighted by Gasteiger charge is 2.48. The van der Waals surface area contributed by atoms with Crippen LogP contribution in [0.4, 0.5) is 0 Å². The van der Waals surface area contributed by atoms with Gasteiger partial charge in [-0.05, 0) is 41.6 Å². The van der Waals surface area contributed by atoms with Crippen LogP contribution < -0.4 is 5.73 Å². The van der Waals surface area contributed by atoms with Gasteiger partial charge in [0.05, 0.1) is 18.4 Å². The molecule has 4 N–H and O–H groups in total. The van der Waals surface area contributed by atoms with Crippen molar-refractivity contribution in [3.05, 3.63) is 95.6 Å². The monoisotopic (exact) mass is 557 g/mol. The number of hydrogen-bond donors (Lipinski definition) is 3. The summed E-state index contributed by atoms with van der Waals surface area (Å²) in [5, 5.41) is 19.8. The van der Waals surface area contributed by atoms with Crippen LogP contribution in [0.1, 0.15) is 23.1 Å². The number of nitrogens with zero attached hydrogens (tertiary/aromatic N) is 2. The Balaban J connectivity index is 1.21. The number of carboxylic acids is 2. The van der Waals surface area contributed by atoms with Crippen LogP contribution in [-0.2, 0) is 29.0 Å². The van der Waals surface area contributed by atoms with E-state index in [1.807, 2.05) is 54.6 Å². The topological polar surface area (TPSA) is 101 Å². The minimum Gasteiger partial charge on any atom is -0.481 e. The molecule has 7 nitrogen and oxygen atoms in total. The van der Waals surface area contributed by atoms with Gasteiger partial charge >= 0.3 is 11.9 Å². The van der Waals surface area contributed by atoms with Gasteiger partial charge in [0, 0.05) is 12.0 Å². The van der Waals surface area contributed by atoms with Gasteiger partial charge in [-0.25, -0.2) is 0 Å². The van der Waals surface area contributed by atoms with E-state index < -0.39 is 23.8 Å². The summed E-state index contributed by atoms with van der Waals surface area (Å²) >= 11 is 0. The summed E-state index contributed by atoms with van der Waals surface area (Å²) < 4.78 is 2.46. The maximum Gasteiger partial charge on any atom is 0.307 e. The van der Waals surface area contributed by atoms with Gasteiger partial charge in [0.25, 0.3) is 0 Å². The second-order valence-electron chi connectivity index (χ2n) is 12.2. The molecule has 0 radical (unpaired) electrons. The lowest BCUT2D eigenvalue weighted by atomic mass is 9.82. The van der Waals surface area contributed by atoms with Crippen molar-refractivity contribution in [3.8, 4) is 11.1 Å². The molecule has 2 bridgehead atoms. The van der Waals surface area contributed by atoms with Gasteiger partial charge in [0.15, 0.2) is 0 Å². The first kappa shape index (κ1) is 29.0. The van der Waals surface area contributed by atoms with Crippen molar-refractivity contribution in [1.82, 2.24) is 0 Å². The fourth-order valence-electron chi connectivity index (χ4n) is 6.89. The van der Waals surface area contributed by atoms with E-state index in [-0.39, 0.29) is 12.8 Å². The largest absolute Gasteiger partial charge is 0.481 e. The zero-order valence-electron chi connectivity index (χ0n) is 23.8. The Morgan fingerprint density at radius 3 is 1.54 bits per heavy atom. The van der Waals surface area contributed by atoms with Crippen LogP contribution in [0.5, 0.6) is 0 Å². The van der Waals surface area contributed by atoms with Crippen LogP contribution in [0.15, 0.2) is 78.9 Å². The third kappa shape index (κ3) is 6.87. The van der Waals surface area contributed by atoms with Crippen molar-refractivity contribution >= 4 is 11.9 Å². The number of quaternary nitrogens is 2. The highest BCUT2D eigenvalue weighted by atomic mass is 16.4. The van der Waals surface area contributed by atoms with E-state index in [0.717, 1.165) is 41.8 Å². The summed E-state index contributed by atoms with van der Waals surface area (Å²) in [5.74, 6) is -4.18. The molecule has 0 amide bonds. The third-order valence-electron chi connectivity index (χ3n) is 9.62. The average molecular weight is 558 g/mol. The highest BCUT2D eigenvalue weighted by molar-refractivity contribution is 5.80. The third-order valence-corrected chi connectivity index (χ3v) is 9.62. The van der Waals surface area contributed by atoms with Crippen LogP contribution in [0, 0.1) is 11.8 Å². The number of hydrogen-bond acceptors (Lipinski definition) is 3. The minimum absolute atomic E-state index is 0.171. The van der Waals surface area contributed by atoms with Crippen molar-refractivity contribution in [3.63, 3.8) is 0 Å². The van der Waals surface area contributed by atoms with E-state index in [1.165, 1.54) is 60.3 Å². The van der Waals surface area contributed by atoms with E-state index in [4.69, 9.17) is 5.73 Å². The quantitative estimate of drug-likeness (QED) is 0.275. The number of carboxylic acid groups (broad SMARTS) is 2. The van der Waals surface area contributed by atoms with Gasteiger partial charge in [-0.15, -0.1) is 0 Å². The molecule has 0 unspecified atom stereocenters. The molecule has 2 atom stereocenters. The summed E-state index contributed by atoms with van der Waals surface area (Å²) in [7, 11) is 0. The Labute approximate surface area is 243 Å². The predicted octanol–water partition coefficient (Wildman–Crippen LogP) is 4.05. The molecule has 3 saturated heterocycles. The van der Waals surface area contributed by atoms with E-state index in [1.54, 1.807) is 0 Å². The van der Waals surface area contributed by atoms with Crippen LogP contribution in [0.25, 0.3) is 11.1 Å². The van der Waals surface area contributed by atoms with E-state index in [9.17, 15) is 19.8 Å². The van der Waals surface area contributed by atoms with Gasteiger partial charge in [-0.1, -0.05) is 78.9 Å². The summed E-state index contributed by atoms with van der Waals surface area (Å²) in [6.07, 6.45) is 1.48. The standard InChI is InChI=1S/C34H41N3O4/c35-15-4-16-36-17-20-37(21-18-36,22-19-36)25-28-9-13-30(14-10-28)29-11-7-27(8-12-29)24-32(34(40)41)31(33(38)39)23-26-5-2-1-3-6-26/h1-3,5-14,31-32H,4,15-25,35H2/p+2/t31-,32-,36?,37?/m0/s1. The Kier molecular flexibility index (Phi) is 8.88. The normalized spacial score (nSPS) is 23.1. The number of rotatable bonds is 13. The maximum atomic E-state index is 12.1. The zero-order chi connectivity index (χ0) is 28.9. The molecule has 3 aliphatic rings. The minimum atomic E-state index is -1.08. The average Bonchev–Trinajstić information content (AvgIpc) is 3.00. The fourth-order valence-corrected chi connectivity index (χ4v) is 6.89. The summed E-state index contributed by atoms with van der Waals surface area (Å²) in [6.45, 7) is 10.7. The van der Waals surface area contributed by atoms with Crippen LogP contribution >= 0.6 is 0 Å². The zero-order valence-corrected chi connectivity index (χ0v) is 23.8. The van der Waals surface area contributed by atoms with Crippen LogP contribution in [0.2, 0.25) is 0 Å². The molecule has 3 aliphatic heterocycles. The molecule has 0 saturated carbocycles. The Hall–Kier alpha value is -3.52. The SMILES string of the molecule is NCCC[N+]12CC[N+](Cc3ccc(-c4ccc(C[C@H](C(=O)O)[C@H](Cc5ccccc5)C(=O)O)cc4)cc3)(CC1)CC2. The van der Waals surface area contributed by atoms with Crippen LogP contribution in [-0.4, -0.2) is 83.5 Å². The lowest BCUT2D eigenvalue weighted by Gasteiger charge is -2.55. The van der Waals surface area contributed by atoms with E-state index in [0.29, 0.717) is 0 Å². The maximum absolute atomic E-state index is 12.1. The lowest BCUT2D eigenvalue weighted by molar-refractivity contribution is -1.09. The smallest absolute Gasteiger partial charge is 0.307 e. The molecular weight excluding hydrogens is 514 g/mol. The van der Waals surface area contributed by atoms with Crippen molar-refractivity contribution < 1.29 is 28.8 Å². The molecular formula is C34H43N3O4+2. The lowest BCUT2D eigenvalue weighted by Crippen LogP contribution is -2.74. The number of fused-ring (bicyclic) bond motifs is 3. The number of piperazine rings is 3. The first-order chi connectivity index (χ1) is 19.8. The second-order valence-corrected chi connectivity index (χ2v) is 12.2. The number of carbonyl (C=O) groups is 2. The summed E-state index contributed by atoms with van der Waals surface area (Å²) in [5.41, 5.74) is 11.0. The van der Waals surface area contributed by atoms with Crippen molar-refractivity contribution in [2.75, 3.05) is 52.4 Å². The van der Waals surface area contributed by atoms with Gasteiger partial charge in [0.2, 0.25) is 0 Å². The van der Waals surface area contributed by atoms with Crippen molar-refractivity contribution in [2.45, 2.75) is 25.8 Å². The predicted molar refractivity (Wildman–Crippen MR) is 160 cm³/mol. The molecule has 0 aliphatic carbocycles. The Morgan fingerprint density at radius 1 is 0.634 bits per heavy atom. The van der Waals surface area contributed by atoms with Gasteiger partial charge in [-0.2, -0.15) is 0 Å². The summed E-state index contributed by atoms with van der Waals surface area (Å²) in [6, 6.07) is 25.9. The van der Waals surface area contributed by atoms with Crippen LogP contribution in [0.3, 0.4) is 0 Å². The number of aliphatic carboxylic acids is 2. The molecule has 3 aromatic rings. The number of benzene rings is 3. The fraction of sp³-hybridized carbons (Fsp3) is 0.412. The van der Waals surface area contributed by atoms with E-state index >= 15 is 0 Å². The van der Waals surface area contributed by atoms with Crippen molar-refractivity contribution in [2.24, 2.45) is 17.6 Å². The molecule has 41 heavy (non-hydrogen) atoms. The van der Waals surface area contributed by atoms with Crippen molar-refractivity contribution in [1.29, 1.82) is 0 Å². The molecule has 3 aromatic carbocycles. The van der Waals surface area contributed by atoms with Gasteiger partial charge in [-0.3, -0.25) is 9.59 Å². The molecule has 3 fully saturated rings. The Morgan fingerprint density at radius 2 is 1.07 bits per heavy atom. The first-order valence-electron chi connectivity index (χ1n) is 14.9. The highest BCUT2D eigenvalue weighted by Crippen LogP contribution is 2.30. The molecule has 3 heterocycles. The first-order valence-corrected chi connectivity index (χ1v) is 14.9. The second kappa shape index (κ2) is 12.6. The molecule has 0 aromatic heterocycles. The van der Waals surface area contributed by atoms with E-state index in [2.05, 4.69) is 24.3 Å². The Bertz CT molecular complexity index is 1300. The number of nitrogens with two attached hydrogens (primary N) is 1. The molecule has 7 heteroatoms. The van der Waals surface area contributed by atoms with Gasteiger partial charge in [0.1, 0.15) is 45.8 Å². The molecule has 216 valence electrons.